The van der Waals surface area contributed by atoms with Crippen LogP contribution in [0, 0.1) is 5.21 Å². The molecule has 6 heteroatoms. The van der Waals surface area contributed by atoms with Crippen LogP contribution in [-0.2, 0) is 4.79 Å². The number of carbonyl (C=O) groups excluding carboxylic acids is 1. The number of nitrogens with two attached hydrogens (primary N) is 1. The van der Waals surface area contributed by atoms with E-state index in [1.54, 1.807) is 24.3 Å². The summed E-state index contributed by atoms with van der Waals surface area (Å²) in [6, 6.07) is 7.01. The number of carbonyl (C=O) groups is 1. The molecular weight excluding hydrogens is 234 g/mol. The predicted octanol–water partition coefficient (Wildman–Crippen LogP) is -0.793. The molecule has 1 heterocycles. The lowest BCUT2D eigenvalue weighted by Gasteiger charge is -2.20. The molecule has 1 amide bonds. The summed E-state index contributed by atoms with van der Waals surface area (Å²) in [6.45, 7) is 0.152. The standard InChI is InChI=1S/C12H13N3O3/c13-12(16)8-18-10-3-1-9(2-4-10)11-7-15(17)6-5-14-11/h1-6,15H,7-8H2,(H2,13,16). The molecule has 0 radical (unpaired) electrons. The highest BCUT2D eigenvalue weighted by Gasteiger charge is 2.10. The fourth-order valence-corrected chi connectivity index (χ4v) is 1.55. The molecule has 1 aromatic rings. The number of nitrogens with zero attached hydrogens (tertiary/aromatic N) is 1. The Balaban J connectivity index is 2.05. The average molecular weight is 247 g/mol. The van der Waals surface area contributed by atoms with Gasteiger partial charge in [-0.3, -0.25) is 4.79 Å². The van der Waals surface area contributed by atoms with Crippen molar-refractivity contribution in [2.45, 2.75) is 0 Å². The van der Waals surface area contributed by atoms with Crippen molar-refractivity contribution in [2.24, 2.45) is 10.7 Å². The van der Waals surface area contributed by atoms with Gasteiger partial charge in [0.05, 0.1) is 6.20 Å². The molecule has 1 unspecified atom stereocenters. The smallest absolute Gasteiger partial charge is 0.255 e. The Hall–Kier alpha value is -2.18. The number of rotatable bonds is 4. The van der Waals surface area contributed by atoms with Crippen molar-refractivity contribution < 1.29 is 14.6 Å². The van der Waals surface area contributed by atoms with Gasteiger partial charge in [-0.05, 0) is 24.3 Å². The number of nitrogens with one attached hydrogen (secondary N) is 1. The summed E-state index contributed by atoms with van der Waals surface area (Å²) in [4.78, 5) is 14.7. The van der Waals surface area contributed by atoms with Crippen LogP contribution in [0.15, 0.2) is 41.7 Å². The highest BCUT2D eigenvalue weighted by atomic mass is 16.5. The first-order valence-corrected chi connectivity index (χ1v) is 5.43. The number of hydrogen-bond acceptors (Lipinski definition) is 4. The maximum atomic E-state index is 11.2. The minimum Gasteiger partial charge on any atom is -0.629 e. The van der Waals surface area contributed by atoms with Gasteiger partial charge in [0.25, 0.3) is 5.91 Å². The summed E-state index contributed by atoms with van der Waals surface area (Å²) in [6.07, 6.45) is 2.95. The third kappa shape index (κ3) is 3.16. The highest BCUT2D eigenvalue weighted by molar-refractivity contribution is 6.02. The number of aliphatic imine (C=N–C) groups is 1. The van der Waals surface area contributed by atoms with Crippen LogP contribution in [-0.4, -0.2) is 24.8 Å². The molecule has 2 rings (SSSR count). The van der Waals surface area contributed by atoms with Crippen LogP contribution in [0.25, 0.3) is 0 Å². The zero-order valence-corrected chi connectivity index (χ0v) is 9.63. The largest absolute Gasteiger partial charge is 0.629 e. The number of hydrogen-bond donors (Lipinski definition) is 2. The lowest BCUT2D eigenvalue weighted by atomic mass is 10.1. The fraction of sp³-hybridized carbons (Fsp3) is 0.167. The van der Waals surface area contributed by atoms with Crippen molar-refractivity contribution >= 4 is 11.6 Å². The normalized spacial score (nSPS) is 18.3. The quantitative estimate of drug-likeness (QED) is 0.683. The number of amides is 1. The first kappa shape index (κ1) is 12.3. The van der Waals surface area contributed by atoms with Crippen LogP contribution < -0.4 is 15.5 Å². The van der Waals surface area contributed by atoms with E-state index in [1.807, 2.05) is 0 Å². The SMILES string of the molecule is NC(=O)COc1ccc(C2=NC=C[NH+]([O-])C2)cc1. The van der Waals surface area contributed by atoms with Crippen molar-refractivity contribution in [3.05, 3.63) is 47.4 Å². The van der Waals surface area contributed by atoms with Crippen LogP contribution in [0.4, 0.5) is 0 Å². The molecular formula is C12H13N3O3. The zero-order valence-electron chi connectivity index (χ0n) is 9.63. The molecule has 3 N–H and O–H groups in total. The summed E-state index contributed by atoms with van der Waals surface area (Å²) in [5.41, 5.74) is 6.56. The van der Waals surface area contributed by atoms with Gasteiger partial charge in [0.15, 0.2) is 6.61 Å². The number of hydroxylamine groups is 2. The zero-order chi connectivity index (χ0) is 13.0. The molecule has 0 fully saturated rings. The molecule has 6 nitrogen and oxygen atoms in total. The van der Waals surface area contributed by atoms with Gasteiger partial charge in [0.1, 0.15) is 24.2 Å². The molecule has 18 heavy (non-hydrogen) atoms. The van der Waals surface area contributed by atoms with Crippen LogP contribution in [0.2, 0.25) is 0 Å². The third-order valence-electron chi connectivity index (χ3n) is 2.40. The predicted molar refractivity (Wildman–Crippen MR) is 66.0 cm³/mol. The van der Waals surface area contributed by atoms with Gasteiger partial charge in [-0.25, -0.2) is 4.99 Å². The van der Waals surface area contributed by atoms with Crippen molar-refractivity contribution in [2.75, 3.05) is 13.2 Å². The van der Waals surface area contributed by atoms with E-state index < -0.39 is 5.91 Å². The van der Waals surface area contributed by atoms with Crippen molar-refractivity contribution in [1.82, 2.24) is 0 Å². The first-order chi connectivity index (χ1) is 8.65. The van der Waals surface area contributed by atoms with E-state index in [2.05, 4.69) is 4.99 Å². The van der Waals surface area contributed by atoms with E-state index >= 15 is 0 Å². The summed E-state index contributed by atoms with van der Waals surface area (Å²) >= 11 is 0. The second-order valence-corrected chi connectivity index (χ2v) is 3.81. The average Bonchev–Trinajstić information content (AvgIpc) is 2.37. The minimum absolute atomic E-state index is 0.0362. The van der Waals surface area contributed by atoms with E-state index in [0.717, 1.165) is 11.3 Å². The Morgan fingerprint density at radius 3 is 2.78 bits per heavy atom. The van der Waals surface area contributed by atoms with Crippen LogP contribution in [0.5, 0.6) is 5.75 Å². The number of quaternary nitrogens is 1. The van der Waals surface area contributed by atoms with E-state index in [1.165, 1.54) is 12.4 Å². The lowest BCUT2D eigenvalue weighted by molar-refractivity contribution is -0.780. The summed E-state index contributed by atoms with van der Waals surface area (Å²) in [5.74, 6) is 0.0299. The summed E-state index contributed by atoms with van der Waals surface area (Å²) in [7, 11) is 0. The van der Waals surface area contributed by atoms with Crippen LogP contribution in [0.3, 0.4) is 0 Å². The molecule has 0 spiro atoms. The fourth-order valence-electron chi connectivity index (χ4n) is 1.55. The van der Waals surface area contributed by atoms with E-state index in [0.29, 0.717) is 12.3 Å². The van der Waals surface area contributed by atoms with Gasteiger partial charge in [-0.1, -0.05) is 0 Å². The maximum Gasteiger partial charge on any atom is 0.255 e. The van der Waals surface area contributed by atoms with Crippen molar-refractivity contribution in [3.63, 3.8) is 0 Å². The first-order valence-electron chi connectivity index (χ1n) is 5.43. The number of primary amides is 1. The van der Waals surface area contributed by atoms with Gasteiger partial charge in [-0.2, -0.15) is 0 Å². The number of benzene rings is 1. The van der Waals surface area contributed by atoms with Crippen molar-refractivity contribution in [3.8, 4) is 5.75 Å². The molecule has 1 atom stereocenters. The second-order valence-electron chi connectivity index (χ2n) is 3.81. The van der Waals surface area contributed by atoms with Gasteiger partial charge >= 0.3 is 0 Å². The minimum atomic E-state index is -0.522. The number of ether oxygens (including phenoxy) is 1. The molecule has 0 bridgehead atoms. The third-order valence-corrected chi connectivity index (χ3v) is 2.40. The lowest BCUT2D eigenvalue weighted by Crippen LogP contribution is -3.03. The summed E-state index contributed by atoms with van der Waals surface area (Å²) in [5, 5.41) is 11.3. The van der Waals surface area contributed by atoms with Crippen molar-refractivity contribution in [1.29, 1.82) is 0 Å². The Labute approximate surface area is 104 Å². The molecule has 1 aliphatic rings. The molecule has 1 aromatic carbocycles. The van der Waals surface area contributed by atoms with E-state index in [9.17, 15) is 10.0 Å². The van der Waals surface area contributed by atoms with Crippen LogP contribution in [0.1, 0.15) is 5.56 Å². The van der Waals surface area contributed by atoms with Gasteiger partial charge < -0.3 is 20.7 Å². The summed E-state index contributed by atoms with van der Waals surface area (Å²) < 4.78 is 5.14. The second kappa shape index (κ2) is 5.44. The Morgan fingerprint density at radius 1 is 1.44 bits per heavy atom. The van der Waals surface area contributed by atoms with Gasteiger partial charge in [-0.15, -0.1) is 0 Å². The molecule has 94 valence electrons. The monoisotopic (exact) mass is 247 g/mol. The molecule has 0 saturated heterocycles. The van der Waals surface area contributed by atoms with Gasteiger partial charge in [0, 0.05) is 5.56 Å². The topological polar surface area (TPSA) is 92.2 Å². The Kier molecular flexibility index (Phi) is 3.71. The van der Waals surface area contributed by atoms with E-state index in [-0.39, 0.29) is 11.7 Å². The maximum absolute atomic E-state index is 11.2. The molecule has 1 aliphatic heterocycles. The Morgan fingerprint density at radius 2 is 2.17 bits per heavy atom. The van der Waals surface area contributed by atoms with Gasteiger partial charge in [0.2, 0.25) is 0 Å². The molecule has 0 aromatic heterocycles. The molecule has 0 aliphatic carbocycles. The highest BCUT2D eigenvalue weighted by Crippen LogP contribution is 2.13. The Bertz CT molecular complexity index is 494. The van der Waals surface area contributed by atoms with E-state index in [4.69, 9.17) is 10.5 Å². The molecule has 0 saturated carbocycles. The van der Waals surface area contributed by atoms with Crippen LogP contribution >= 0.6 is 0 Å².